The van der Waals surface area contributed by atoms with Crippen LogP contribution < -0.4 is 11.5 Å². The average Bonchev–Trinajstić information content (AvgIpc) is 3.15. The average molecular weight is 477 g/mol. The highest BCUT2D eigenvalue weighted by Gasteiger charge is 2.34. The highest BCUT2D eigenvalue weighted by Crippen LogP contribution is 2.35. The summed E-state index contributed by atoms with van der Waals surface area (Å²) in [5.41, 5.74) is 13.0. The number of nitrogens with two attached hydrogens (primary N) is 2. The Morgan fingerprint density at radius 3 is 2.44 bits per heavy atom. The van der Waals surface area contributed by atoms with E-state index in [1.54, 1.807) is 13.2 Å². The van der Waals surface area contributed by atoms with Gasteiger partial charge in [0.05, 0.1) is 16.8 Å². The quantitative estimate of drug-likeness (QED) is 0.275. The highest BCUT2D eigenvalue weighted by atomic mass is 19.4. The zero-order valence-corrected chi connectivity index (χ0v) is 19.2. The first-order valence-corrected chi connectivity index (χ1v) is 10.7. The fourth-order valence-corrected chi connectivity index (χ4v) is 4.28. The number of piperidine rings is 1. The second-order valence-electron chi connectivity index (χ2n) is 8.23. The molecule has 4 N–H and O–H groups in total. The van der Waals surface area contributed by atoms with E-state index >= 15 is 0 Å². The summed E-state index contributed by atoms with van der Waals surface area (Å²) >= 11 is 0. The van der Waals surface area contributed by atoms with Crippen molar-refractivity contribution >= 4 is 5.84 Å². The van der Waals surface area contributed by atoms with Gasteiger partial charge in [-0.25, -0.2) is 14.4 Å². The molecule has 2 heterocycles. The van der Waals surface area contributed by atoms with Gasteiger partial charge in [0.1, 0.15) is 17.5 Å². The smallest absolute Gasteiger partial charge is 0.399 e. The Morgan fingerprint density at radius 2 is 1.88 bits per heavy atom. The van der Waals surface area contributed by atoms with Gasteiger partial charge in [-0.05, 0) is 38.0 Å². The van der Waals surface area contributed by atoms with Crippen LogP contribution >= 0.6 is 0 Å². The largest absolute Gasteiger partial charge is 0.419 e. The molecule has 1 aliphatic heterocycles. The summed E-state index contributed by atoms with van der Waals surface area (Å²) in [6.45, 7) is 10.7. The maximum absolute atomic E-state index is 13.7. The van der Waals surface area contributed by atoms with E-state index in [0.717, 1.165) is 36.5 Å². The topological polar surface area (TPSA) is 85.5 Å². The fourth-order valence-electron chi connectivity index (χ4n) is 4.28. The Balaban J connectivity index is 1.81. The van der Waals surface area contributed by atoms with Gasteiger partial charge in [0.2, 0.25) is 0 Å². The summed E-state index contributed by atoms with van der Waals surface area (Å²) in [6.07, 6.45) is -0.231. The first kappa shape index (κ1) is 25.1. The van der Waals surface area contributed by atoms with Gasteiger partial charge in [-0.15, -0.1) is 0 Å². The lowest BCUT2D eigenvalue weighted by atomic mass is 9.95. The lowest BCUT2D eigenvalue weighted by Crippen LogP contribution is -2.35. The van der Waals surface area contributed by atoms with Crippen molar-refractivity contribution in [1.29, 1.82) is 0 Å². The predicted molar refractivity (Wildman–Crippen MR) is 125 cm³/mol. The van der Waals surface area contributed by atoms with Crippen molar-refractivity contribution in [3.63, 3.8) is 0 Å². The van der Waals surface area contributed by atoms with Crippen molar-refractivity contribution in [3.8, 4) is 11.3 Å². The molecule has 0 aliphatic carbocycles. The molecule has 0 atom stereocenters. The summed E-state index contributed by atoms with van der Waals surface area (Å²) in [6, 6.07) is 2.93. The number of rotatable bonds is 6. The van der Waals surface area contributed by atoms with Gasteiger partial charge in [-0.2, -0.15) is 13.2 Å². The van der Waals surface area contributed by atoms with Crippen molar-refractivity contribution in [3.05, 3.63) is 77.9 Å². The van der Waals surface area contributed by atoms with E-state index in [9.17, 15) is 17.6 Å². The molecule has 6 nitrogen and oxygen atoms in total. The van der Waals surface area contributed by atoms with Gasteiger partial charge in [0, 0.05) is 55.4 Å². The van der Waals surface area contributed by atoms with Crippen molar-refractivity contribution in [2.45, 2.75) is 31.9 Å². The van der Waals surface area contributed by atoms with E-state index in [2.05, 4.69) is 28.0 Å². The number of nitrogens with zero attached hydrogens (tertiary/aromatic N) is 4. The van der Waals surface area contributed by atoms with Gasteiger partial charge >= 0.3 is 6.18 Å². The first-order chi connectivity index (χ1) is 15.9. The highest BCUT2D eigenvalue weighted by molar-refractivity contribution is 6.01. The lowest BCUT2D eigenvalue weighted by molar-refractivity contribution is -0.139. The molecule has 1 fully saturated rings. The predicted octanol–water partition coefficient (Wildman–Crippen LogP) is 4.67. The normalized spacial score (nSPS) is 16.4. The third kappa shape index (κ3) is 5.16. The van der Waals surface area contributed by atoms with Crippen LogP contribution in [0.25, 0.3) is 11.3 Å². The summed E-state index contributed by atoms with van der Waals surface area (Å²) in [7, 11) is 1.81. The zero-order valence-electron chi connectivity index (χ0n) is 19.2. The van der Waals surface area contributed by atoms with E-state index < -0.39 is 17.6 Å². The second-order valence-corrected chi connectivity index (χ2v) is 8.23. The molecule has 1 aromatic heterocycles. The van der Waals surface area contributed by atoms with Crippen molar-refractivity contribution < 1.29 is 17.6 Å². The SMILES string of the molecule is C=C/N=C(N)\C(C(=C)N)=C(/C)N1CCC(c2nc(-c3ccc(F)c(C(F)(F)F)c3)cn2C)CC1. The molecular weight excluding hydrogens is 448 g/mol. The Hall–Kier alpha value is -3.56. The third-order valence-corrected chi connectivity index (χ3v) is 5.98. The number of aliphatic imine (C=N–C) groups is 1. The molecule has 1 aromatic carbocycles. The number of benzene rings is 1. The van der Waals surface area contributed by atoms with Gasteiger partial charge in [0.15, 0.2) is 0 Å². The number of hydrogen-bond acceptors (Lipinski definition) is 4. The number of amidine groups is 1. The molecule has 1 saturated heterocycles. The molecule has 2 aromatic rings. The second kappa shape index (κ2) is 9.74. The van der Waals surface area contributed by atoms with Crippen LogP contribution in [0, 0.1) is 5.82 Å². The molecule has 0 amide bonds. The standard InChI is InChI=1S/C24H28F4N6/c1-5-31-22(30)21(14(2)29)15(3)34-10-8-16(9-11-34)23-32-20(13-33(23)4)17-6-7-19(25)18(12-17)24(26,27)28/h5-7,12-13,16H,1-2,8-11,29H2,3-4H3,(H2,30,31)/b21-15+. The van der Waals surface area contributed by atoms with Crippen LogP contribution in [-0.2, 0) is 13.2 Å². The number of alkyl halides is 3. The van der Waals surface area contributed by atoms with Crippen LogP contribution in [0.3, 0.4) is 0 Å². The number of imidazole rings is 1. The lowest BCUT2D eigenvalue weighted by Gasteiger charge is -2.35. The summed E-state index contributed by atoms with van der Waals surface area (Å²) in [4.78, 5) is 10.8. The first-order valence-electron chi connectivity index (χ1n) is 10.7. The molecule has 0 bridgehead atoms. The van der Waals surface area contributed by atoms with Gasteiger partial charge in [-0.3, -0.25) is 0 Å². The van der Waals surface area contributed by atoms with E-state index in [1.165, 1.54) is 12.3 Å². The number of halogens is 4. The number of aryl methyl sites for hydroxylation is 1. The maximum atomic E-state index is 13.7. The number of aromatic nitrogens is 2. The summed E-state index contributed by atoms with van der Waals surface area (Å²) in [5.74, 6) is -0.186. The van der Waals surface area contributed by atoms with Crippen LogP contribution in [-0.4, -0.2) is 33.4 Å². The molecule has 34 heavy (non-hydrogen) atoms. The molecular formula is C24H28F4N6. The summed E-state index contributed by atoms with van der Waals surface area (Å²) < 4.78 is 54.8. The molecule has 0 unspecified atom stereocenters. The van der Waals surface area contributed by atoms with Crippen molar-refractivity contribution in [2.75, 3.05) is 13.1 Å². The Labute approximate surface area is 196 Å². The number of hydrogen-bond donors (Lipinski definition) is 2. The summed E-state index contributed by atoms with van der Waals surface area (Å²) in [5, 5.41) is 0. The minimum Gasteiger partial charge on any atom is -0.399 e. The maximum Gasteiger partial charge on any atom is 0.419 e. The fraction of sp³-hybridized carbons (Fsp3) is 0.333. The number of likely N-dealkylation sites (tertiary alicyclic amines) is 1. The third-order valence-electron chi connectivity index (χ3n) is 5.98. The molecule has 0 radical (unpaired) electrons. The Morgan fingerprint density at radius 1 is 1.24 bits per heavy atom. The zero-order chi connectivity index (χ0) is 25.2. The molecule has 182 valence electrons. The van der Waals surface area contributed by atoms with Crippen LogP contribution in [0.4, 0.5) is 17.6 Å². The van der Waals surface area contributed by atoms with E-state index in [1.807, 2.05) is 11.5 Å². The van der Waals surface area contributed by atoms with E-state index in [-0.39, 0.29) is 17.3 Å². The molecule has 0 saturated carbocycles. The number of allylic oxidation sites excluding steroid dienone is 1. The van der Waals surface area contributed by atoms with Crippen LogP contribution in [0.5, 0.6) is 0 Å². The molecule has 3 rings (SSSR count). The van der Waals surface area contributed by atoms with Gasteiger partial charge < -0.3 is 20.9 Å². The van der Waals surface area contributed by atoms with E-state index in [0.29, 0.717) is 30.1 Å². The Kier molecular flexibility index (Phi) is 7.18. The van der Waals surface area contributed by atoms with Crippen molar-refractivity contribution in [1.82, 2.24) is 14.5 Å². The minimum atomic E-state index is -4.77. The van der Waals surface area contributed by atoms with E-state index in [4.69, 9.17) is 11.5 Å². The molecule has 10 heteroatoms. The van der Waals surface area contributed by atoms with Crippen LogP contribution in [0.1, 0.15) is 37.1 Å². The monoisotopic (exact) mass is 476 g/mol. The molecule has 1 aliphatic rings. The minimum absolute atomic E-state index is 0.106. The van der Waals surface area contributed by atoms with Crippen LogP contribution in [0.2, 0.25) is 0 Å². The molecule has 0 spiro atoms. The van der Waals surface area contributed by atoms with Crippen molar-refractivity contribution in [2.24, 2.45) is 23.5 Å². The van der Waals surface area contributed by atoms with Gasteiger partial charge in [0.25, 0.3) is 0 Å². The van der Waals surface area contributed by atoms with Gasteiger partial charge in [-0.1, -0.05) is 13.2 Å². The van der Waals surface area contributed by atoms with Crippen LogP contribution in [0.15, 0.2) is 65.7 Å². The Bertz CT molecular complexity index is 1150.